The Morgan fingerprint density at radius 1 is 1.53 bits per heavy atom. The molecule has 2 N–H and O–H groups in total. The first-order valence-corrected chi connectivity index (χ1v) is 5.36. The van der Waals surface area contributed by atoms with E-state index in [1.165, 1.54) is 0 Å². The molecule has 0 spiro atoms. The first-order chi connectivity index (χ1) is 8.26. The van der Waals surface area contributed by atoms with Crippen LogP contribution in [0.4, 0.5) is 5.69 Å². The maximum Gasteiger partial charge on any atom is 0.238 e. The maximum absolute atomic E-state index is 11.4. The summed E-state index contributed by atoms with van der Waals surface area (Å²) in [5, 5.41) is 14.0. The number of ether oxygens (including phenoxy) is 1. The third-order valence-corrected chi connectivity index (χ3v) is 1.96. The molecule has 17 heavy (non-hydrogen) atoms. The van der Waals surface area contributed by atoms with Crippen LogP contribution in [0.3, 0.4) is 0 Å². The topological polar surface area (TPSA) is 74.2 Å². The molecule has 1 aromatic rings. The number of nitrogens with zero attached hydrogens (tertiary/aromatic N) is 1. The van der Waals surface area contributed by atoms with E-state index in [1.807, 2.05) is 13.0 Å². The van der Waals surface area contributed by atoms with Crippen molar-refractivity contribution in [3.8, 4) is 11.8 Å². The molecule has 0 aliphatic heterocycles. The molecule has 0 radical (unpaired) electrons. The minimum Gasteiger partial charge on any atom is -0.479 e. The van der Waals surface area contributed by atoms with Crippen LogP contribution >= 0.6 is 0 Å². The van der Waals surface area contributed by atoms with Crippen LogP contribution in [0.5, 0.6) is 5.75 Å². The number of nitriles is 1. The molecule has 0 aliphatic carbocycles. The van der Waals surface area contributed by atoms with Crippen molar-refractivity contribution >= 4 is 11.6 Å². The molecule has 0 atom stereocenters. The fraction of sp³-hybridized carbons (Fsp3) is 0.333. The van der Waals surface area contributed by atoms with Gasteiger partial charge in [-0.25, -0.2) is 0 Å². The average molecular weight is 233 g/mol. The SMILES string of the molecule is CCNCC(=O)Nc1cccc(OCC#N)c1. The first kappa shape index (κ1) is 13.0. The number of carbonyl (C=O) groups is 1. The summed E-state index contributed by atoms with van der Waals surface area (Å²) in [6.45, 7) is 2.96. The molecule has 0 bridgehead atoms. The van der Waals surface area contributed by atoms with E-state index in [2.05, 4.69) is 10.6 Å². The van der Waals surface area contributed by atoms with Gasteiger partial charge in [0.25, 0.3) is 0 Å². The number of anilines is 1. The van der Waals surface area contributed by atoms with Gasteiger partial charge in [-0.15, -0.1) is 0 Å². The molecular weight excluding hydrogens is 218 g/mol. The zero-order chi connectivity index (χ0) is 12.5. The van der Waals surface area contributed by atoms with Crippen molar-refractivity contribution in [2.45, 2.75) is 6.92 Å². The highest BCUT2D eigenvalue weighted by molar-refractivity contribution is 5.92. The molecular formula is C12H15N3O2. The summed E-state index contributed by atoms with van der Waals surface area (Å²) < 4.78 is 5.13. The highest BCUT2D eigenvalue weighted by Crippen LogP contribution is 2.16. The number of nitrogens with one attached hydrogen (secondary N) is 2. The second kappa shape index (κ2) is 7.25. The molecule has 0 aromatic heterocycles. The number of hydrogen-bond acceptors (Lipinski definition) is 4. The monoisotopic (exact) mass is 233 g/mol. The molecule has 0 heterocycles. The lowest BCUT2D eigenvalue weighted by molar-refractivity contribution is -0.115. The third kappa shape index (κ3) is 5.00. The molecule has 1 aromatic carbocycles. The molecule has 0 fully saturated rings. The minimum atomic E-state index is -0.107. The van der Waals surface area contributed by atoms with Crippen molar-refractivity contribution in [1.29, 1.82) is 5.26 Å². The molecule has 1 rings (SSSR count). The van der Waals surface area contributed by atoms with E-state index >= 15 is 0 Å². The first-order valence-electron chi connectivity index (χ1n) is 5.36. The highest BCUT2D eigenvalue weighted by atomic mass is 16.5. The Kier molecular flexibility index (Phi) is 5.55. The highest BCUT2D eigenvalue weighted by Gasteiger charge is 2.02. The molecule has 5 nitrogen and oxygen atoms in total. The Balaban J connectivity index is 2.53. The Morgan fingerprint density at radius 2 is 2.35 bits per heavy atom. The van der Waals surface area contributed by atoms with Crippen molar-refractivity contribution in [3.63, 3.8) is 0 Å². The molecule has 0 aliphatic rings. The largest absolute Gasteiger partial charge is 0.479 e. The summed E-state index contributed by atoms with van der Waals surface area (Å²) in [5.74, 6) is 0.456. The minimum absolute atomic E-state index is 0.00517. The molecule has 90 valence electrons. The van der Waals surface area contributed by atoms with Crippen LogP contribution in [0, 0.1) is 11.3 Å². The Hall–Kier alpha value is -2.06. The van der Waals surface area contributed by atoms with Crippen molar-refractivity contribution in [2.75, 3.05) is 25.0 Å². The number of benzene rings is 1. The summed E-state index contributed by atoms with van der Waals surface area (Å²) >= 11 is 0. The van der Waals surface area contributed by atoms with E-state index < -0.39 is 0 Å². The van der Waals surface area contributed by atoms with Gasteiger partial charge in [-0.1, -0.05) is 13.0 Å². The van der Waals surface area contributed by atoms with Crippen molar-refractivity contribution in [3.05, 3.63) is 24.3 Å². The number of amides is 1. The summed E-state index contributed by atoms with van der Waals surface area (Å²) in [6.07, 6.45) is 0. The van der Waals surface area contributed by atoms with Crippen molar-refractivity contribution in [1.82, 2.24) is 5.32 Å². The van der Waals surface area contributed by atoms with E-state index in [4.69, 9.17) is 10.00 Å². The Labute approximate surface area is 100 Å². The van der Waals surface area contributed by atoms with E-state index in [-0.39, 0.29) is 19.1 Å². The maximum atomic E-state index is 11.4. The summed E-state index contributed by atoms with van der Waals surface area (Å²) in [5.41, 5.74) is 0.656. The van der Waals surface area contributed by atoms with Crippen LogP contribution in [-0.2, 0) is 4.79 Å². The van der Waals surface area contributed by atoms with Crippen LogP contribution in [0.1, 0.15) is 6.92 Å². The Morgan fingerprint density at radius 3 is 3.06 bits per heavy atom. The lowest BCUT2D eigenvalue weighted by Crippen LogP contribution is -2.27. The number of rotatable bonds is 6. The fourth-order valence-electron chi connectivity index (χ4n) is 1.22. The van der Waals surface area contributed by atoms with E-state index in [9.17, 15) is 4.79 Å². The number of carbonyl (C=O) groups excluding carboxylic acids is 1. The van der Waals surface area contributed by atoms with Gasteiger partial charge in [0.2, 0.25) is 5.91 Å². The Bertz CT molecular complexity index is 412. The van der Waals surface area contributed by atoms with Crippen LogP contribution in [0.15, 0.2) is 24.3 Å². The summed E-state index contributed by atoms with van der Waals surface area (Å²) in [7, 11) is 0. The standard InChI is InChI=1S/C12H15N3O2/c1-2-14-9-12(16)15-10-4-3-5-11(8-10)17-7-6-13/h3-5,8,14H,2,7,9H2,1H3,(H,15,16). The quantitative estimate of drug-likeness (QED) is 0.772. The van der Waals surface area contributed by atoms with Gasteiger partial charge in [0.05, 0.1) is 6.54 Å². The molecule has 5 heteroatoms. The van der Waals surface area contributed by atoms with Crippen LogP contribution in [0.2, 0.25) is 0 Å². The smallest absolute Gasteiger partial charge is 0.238 e. The zero-order valence-electron chi connectivity index (χ0n) is 9.69. The summed E-state index contributed by atoms with van der Waals surface area (Å²) in [6, 6.07) is 8.83. The van der Waals surface area contributed by atoms with E-state index in [0.717, 1.165) is 6.54 Å². The molecule has 0 saturated carbocycles. The second-order valence-corrected chi connectivity index (χ2v) is 3.30. The van der Waals surface area contributed by atoms with Crippen molar-refractivity contribution < 1.29 is 9.53 Å². The van der Waals surface area contributed by atoms with Gasteiger partial charge in [0.15, 0.2) is 6.61 Å². The molecule has 0 saturated heterocycles. The van der Waals surface area contributed by atoms with Gasteiger partial charge < -0.3 is 15.4 Å². The lowest BCUT2D eigenvalue weighted by Gasteiger charge is -2.07. The molecule has 1 amide bonds. The fourth-order valence-corrected chi connectivity index (χ4v) is 1.22. The van der Waals surface area contributed by atoms with Gasteiger partial charge in [0.1, 0.15) is 11.8 Å². The van der Waals surface area contributed by atoms with Gasteiger partial charge in [0, 0.05) is 11.8 Å². The van der Waals surface area contributed by atoms with Crippen LogP contribution in [-0.4, -0.2) is 25.6 Å². The normalized spacial score (nSPS) is 9.41. The van der Waals surface area contributed by atoms with Crippen LogP contribution < -0.4 is 15.4 Å². The molecule has 0 unspecified atom stereocenters. The van der Waals surface area contributed by atoms with Gasteiger partial charge >= 0.3 is 0 Å². The number of hydrogen-bond donors (Lipinski definition) is 2. The number of likely N-dealkylation sites (N-methyl/N-ethyl adjacent to an activating group) is 1. The zero-order valence-corrected chi connectivity index (χ0v) is 9.69. The predicted octanol–water partition coefficient (Wildman–Crippen LogP) is 1.14. The van der Waals surface area contributed by atoms with E-state index in [0.29, 0.717) is 11.4 Å². The van der Waals surface area contributed by atoms with Crippen LogP contribution in [0.25, 0.3) is 0 Å². The average Bonchev–Trinajstić information content (AvgIpc) is 2.34. The predicted molar refractivity (Wildman–Crippen MR) is 64.7 cm³/mol. The second-order valence-electron chi connectivity index (χ2n) is 3.30. The van der Waals surface area contributed by atoms with Gasteiger partial charge in [-0.05, 0) is 18.7 Å². The third-order valence-electron chi connectivity index (χ3n) is 1.96. The van der Waals surface area contributed by atoms with Crippen molar-refractivity contribution in [2.24, 2.45) is 0 Å². The van der Waals surface area contributed by atoms with Gasteiger partial charge in [-0.3, -0.25) is 4.79 Å². The van der Waals surface area contributed by atoms with Gasteiger partial charge in [-0.2, -0.15) is 5.26 Å². The van der Waals surface area contributed by atoms with E-state index in [1.54, 1.807) is 24.3 Å². The summed E-state index contributed by atoms with van der Waals surface area (Å²) in [4.78, 5) is 11.4. The lowest BCUT2D eigenvalue weighted by atomic mass is 10.3.